The zero-order valence-electron chi connectivity index (χ0n) is 15.2. The highest BCUT2D eigenvalue weighted by Gasteiger charge is 2.34. The molecule has 3 rings (SSSR count). The van der Waals surface area contributed by atoms with Crippen molar-refractivity contribution < 1.29 is 26.9 Å². The molecule has 1 fully saturated rings. The first kappa shape index (κ1) is 20.4. The van der Waals surface area contributed by atoms with Gasteiger partial charge in [0.25, 0.3) is 5.91 Å². The molecule has 2 aromatic carbocycles. The highest BCUT2D eigenvalue weighted by Crippen LogP contribution is 2.22. The van der Waals surface area contributed by atoms with Crippen LogP contribution in [0.3, 0.4) is 0 Å². The van der Waals surface area contributed by atoms with Crippen LogP contribution in [0.15, 0.2) is 53.4 Å². The number of piperazine rings is 1. The van der Waals surface area contributed by atoms with E-state index in [0.717, 1.165) is 33.0 Å². The number of nitrogens with one attached hydrogen (secondary N) is 2. The maximum Gasteiger partial charge on any atom is 0.275 e. The fourth-order valence-electron chi connectivity index (χ4n) is 3.16. The van der Waals surface area contributed by atoms with Crippen LogP contribution >= 0.6 is 0 Å². The van der Waals surface area contributed by atoms with E-state index in [1.807, 2.05) is 30.3 Å². The van der Waals surface area contributed by atoms with Crippen molar-refractivity contribution in [1.82, 2.24) is 9.62 Å². The van der Waals surface area contributed by atoms with Gasteiger partial charge in [-0.3, -0.25) is 4.79 Å². The van der Waals surface area contributed by atoms with Gasteiger partial charge in [0, 0.05) is 6.54 Å². The van der Waals surface area contributed by atoms with Crippen LogP contribution in [0.5, 0.6) is 0 Å². The first-order valence-electron chi connectivity index (χ1n) is 8.96. The lowest BCUT2D eigenvalue weighted by Crippen LogP contribution is -3.15. The van der Waals surface area contributed by atoms with Gasteiger partial charge in [-0.15, -0.1) is 0 Å². The molecule has 1 aliphatic heterocycles. The van der Waals surface area contributed by atoms with Gasteiger partial charge in [0.15, 0.2) is 11.4 Å². The van der Waals surface area contributed by atoms with E-state index >= 15 is 0 Å². The van der Waals surface area contributed by atoms with Crippen LogP contribution in [-0.2, 0) is 21.4 Å². The van der Waals surface area contributed by atoms with E-state index in [1.165, 1.54) is 0 Å². The van der Waals surface area contributed by atoms with Gasteiger partial charge in [-0.05, 0) is 17.7 Å². The molecule has 1 heterocycles. The molecule has 2 N–H and O–H groups in total. The summed E-state index contributed by atoms with van der Waals surface area (Å²) in [5, 5.41) is 2.84. The van der Waals surface area contributed by atoms with Crippen LogP contribution in [0.25, 0.3) is 0 Å². The van der Waals surface area contributed by atoms with Crippen molar-refractivity contribution in [2.24, 2.45) is 0 Å². The summed E-state index contributed by atoms with van der Waals surface area (Å²) in [6.07, 6.45) is 0. The predicted octanol–water partition coefficient (Wildman–Crippen LogP) is 0.170. The Labute approximate surface area is 162 Å². The molecule has 6 nitrogen and oxygen atoms in total. The molecule has 150 valence electrons. The summed E-state index contributed by atoms with van der Waals surface area (Å²) >= 11 is 0. The van der Waals surface area contributed by atoms with Crippen LogP contribution in [0.4, 0.5) is 8.78 Å². The second-order valence-corrected chi connectivity index (χ2v) is 8.52. The number of quaternary nitrogens is 1. The number of carbonyl (C=O) groups excluding carboxylic acids is 1. The Hall–Kier alpha value is -2.36. The molecule has 0 unspecified atom stereocenters. The minimum atomic E-state index is -4.25. The van der Waals surface area contributed by atoms with Crippen molar-refractivity contribution in [2.75, 3.05) is 32.7 Å². The topological polar surface area (TPSA) is 70.9 Å². The van der Waals surface area contributed by atoms with E-state index in [2.05, 4.69) is 5.32 Å². The number of hydrogen-bond donors (Lipinski definition) is 2. The molecule has 0 radical (unpaired) electrons. The standard InChI is InChI=1S/C19H21F2N3O3S/c20-16-7-4-8-17(21)19(16)28(26,27)24-11-9-23(10-12-24)14-18(25)22-13-15-5-2-1-3-6-15/h1-8H,9-14H2,(H,22,25)/p+1. The molecule has 0 saturated carbocycles. The third-order valence-corrected chi connectivity index (χ3v) is 6.64. The van der Waals surface area contributed by atoms with Gasteiger partial charge in [0.05, 0.1) is 26.2 Å². The first-order chi connectivity index (χ1) is 13.4. The number of halogens is 2. The Bertz CT molecular complexity index is 910. The zero-order valence-corrected chi connectivity index (χ0v) is 16.0. The third-order valence-electron chi connectivity index (χ3n) is 4.69. The molecule has 0 aromatic heterocycles. The second-order valence-electron chi connectivity index (χ2n) is 6.64. The third kappa shape index (κ3) is 4.73. The Morgan fingerprint density at radius 2 is 1.61 bits per heavy atom. The van der Waals surface area contributed by atoms with Gasteiger partial charge >= 0.3 is 0 Å². The van der Waals surface area contributed by atoms with Crippen molar-refractivity contribution in [2.45, 2.75) is 11.4 Å². The number of hydrogen-bond acceptors (Lipinski definition) is 3. The van der Waals surface area contributed by atoms with Crippen LogP contribution in [0.2, 0.25) is 0 Å². The maximum absolute atomic E-state index is 13.9. The van der Waals surface area contributed by atoms with Gasteiger partial charge in [0.1, 0.15) is 11.6 Å². The number of amides is 1. The Morgan fingerprint density at radius 1 is 1.00 bits per heavy atom. The molecule has 0 atom stereocenters. The number of benzene rings is 2. The fourth-order valence-corrected chi connectivity index (χ4v) is 4.71. The zero-order chi connectivity index (χ0) is 20.1. The highest BCUT2D eigenvalue weighted by atomic mass is 32.2. The molecular formula is C19H22F2N3O3S+. The summed E-state index contributed by atoms with van der Waals surface area (Å²) < 4.78 is 54.0. The van der Waals surface area contributed by atoms with Crippen molar-refractivity contribution in [1.29, 1.82) is 0 Å². The van der Waals surface area contributed by atoms with Gasteiger partial charge in [-0.1, -0.05) is 36.4 Å². The Morgan fingerprint density at radius 3 is 2.21 bits per heavy atom. The molecule has 0 aliphatic carbocycles. The largest absolute Gasteiger partial charge is 0.347 e. The van der Waals surface area contributed by atoms with Crippen molar-refractivity contribution >= 4 is 15.9 Å². The summed E-state index contributed by atoms with van der Waals surface area (Å²) in [6.45, 7) is 1.60. The van der Waals surface area contributed by atoms with E-state index in [4.69, 9.17) is 0 Å². The highest BCUT2D eigenvalue weighted by molar-refractivity contribution is 7.89. The van der Waals surface area contributed by atoms with Gasteiger partial charge in [0.2, 0.25) is 10.0 Å². The fraction of sp³-hybridized carbons (Fsp3) is 0.316. The molecule has 0 bridgehead atoms. The molecule has 1 amide bonds. The van der Waals surface area contributed by atoms with Crippen LogP contribution in [0, 0.1) is 11.6 Å². The first-order valence-corrected chi connectivity index (χ1v) is 10.4. The predicted molar refractivity (Wildman–Crippen MR) is 99.0 cm³/mol. The van der Waals surface area contributed by atoms with Gasteiger partial charge < -0.3 is 10.2 Å². The number of sulfonamides is 1. The summed E-state index contributed by atoms with van der Waals surface area (Å²) in [7, 11) is -4.25. The Balaban J connectivity index is 1.53. The monoisotopic (exact) mass is 410 g/mol. The molecule has 1 aliphatic rings. The second kappa shape index (κ2) is 8.76. The van der Waals surface area contributed by atoms with Gasteiger partial charge in [-0.25, -0.2) is 17.2 Å². The van der Waals surface area contributed by atoms with Crippen molar-refractivity contribution in [3.8, 4) is 0 Å². The minimum absolute atomic E-state index is 0.0946. The SMILES string of the molecule is O=C(C[NH+]1CCN(S(=O)(=O)c2c(F)cccc2F)CC1)NCc1ccccc1. The van der Waals surface area contributed by atoms with E-state index in [1.54, 1.807) is 0 Å². The molecule has 9 heteroatoms. The molecular weight excluding hydrogens is 388 g/mol. The summed E-state index contributed by atoms with van der Waals surface area (Å²) in [6, 6.07) is 12.5. The van der Waals surface area contributed by atoms with Crippen LogP contribution < -0.4 is 10.2 Å². The van der Waals surface area contributed by atoms with Crippen molar-refractivity contribution in [3.63, 3.8) is 0 Å². The van der Waals surface area contributed by atoms with Crippen molar-refractivity contribution in [3.05, 3.63) is 65.7 Å². The average Bonchev–Trinajstić information content (AvgIpc) is 2.67. The lowest BCUT2D eigenvalue weighted by atomic mass is 10.2. The molecule has 2 aromatic rings. The quantitative estimate of drug-likeness (QED) is 0.713. The number of rotatable bonds is 6. The summed E-state index contributed by atoms with van der Waals surface area (Å²) in [4.78, 5) is 12.1. The number of nitrogens with zero attached hydrogens (tertiary/aromatic N) is 1. The molecule has 28 heavy (non-hydrogen) atoms. The van der Waals surface area contributed by atoms with Gasteiger partial charge in [-0.2, -0.15) is 4.31 Å². The van der Waals surface area contributed by atoms with Crippen LogP contribution in [0.1, 0.15) is 5.56 Å². The Kier molecular flexibility index (Phi) is 6.38. The van der Waals surface area contributed by atoms with E-state index in [0.29, 0.717) is 19.6 Å². The lowest BCUT2D eigenvalue weighted by Gasteiger charge is -2.31. The van der Waals surface area contributed by atoms with E-state index in [-0.39, 0.29) is 25.5 Å². The maximum atomic E-state index is 13.9. The lowest BCUT2D eigenvalue weighted by molar-refractivity contribution is -0.895. The summed E-state index contributed by atoms with van der Waals surface area (Å²) in [5.41, 5.74) is 0.994. The summed E-state index contributed by atoms with van der Waals surface area (Å²) in [5.74, 6) is -2.33. The number of carbonyl (C=O) groups is 1. The van der Waals surface area contributed by atoms with Crippen LogP contribution in [-0.4, -0.2) is 51.4 Å². The average molecular weight is 410 g/mol. The normalized spacial score (nSPS) is 16.1. The smallest absolute Gasteiger partial charge is 0.275 e. The van der Waals surface area contributed by atoms with E-state index in [9.17, 15) is 22.0 Å². The minimum Gasteiger partial charge on any atom is -0.347 e. The molecule has 0 spiro atoms. The molecule has 1 saturated heterocycles. The van der Waals surface area contributed by atoms with E-state index < -0.39 is 26.6 Å².